The first-order valence-corrected chi connectivity index (χ1v) is 7.16. The van der Waals surface area contributed by atoms with Gasteiger partial charge in [0.1, 0.15) is 5.01 Å². The molecule has 5 heteroatoms. The zero-order valence-electron chi connectivity index (χ0n) is 9.62. The van der Waals surface area contributed by atoms with Crippen LogP contribution in [0.2, 0.25) is 0 Å². The van der Waals surface area contributed by atoms with Crippen molar-refractivity contribution in [1.82, 2.24) is 15.5 Å². The van der Waals surface area contributed by atoms with Crippen molar-refractivity contribution in [2.45, 2.75) is 43.5 Å². The van der Waals surface area contributed by atoms with Crippen LogP contribution in [0.3, 0.4) is 0 Å². The number of thioether (sulfide) groups is 1. The van der Waals surface area contributed by atoms with Gasteiger partial charge < -0.3 is 5.32 Å². The molecule has 0 spiro atoms. The van der Waals surface area contributed by atoms with Gasteiger partial charge in [-0.3, -0.25) is 0 Å². The van der Waals surface area contributed by atoms with Crippen LogP contribution < -0.4 is 5.32 Å². The molecule has 0 amide bonds. The molecule has 0 aliphatic heterocycles. The van der Waals surface area contributed by atoms with E-state index in [9.17, 15) is 0 Å². The third-order valence-corrected chi connectivity index (χ3v) is 4.39. The summed E-state index contributed by atoms with van der Waals surface area (Å²) in [6.07, 6.45) is 3.69. The molecule has 1 heterocycles. The number of aryl methyl sites for hydroxylation is 1. The summed E-state index contributed by atoms with van der Waals surface area (Å²) < 4.78 is 1.10. The average Bonchev–Trinajstić information content (AvgIpc) is 2.65. The molecule has 0 saturated heterocycles. The first-order valence-electron chi connectivity index (χ1n) is 5.36. The van der Waals surface area contributed by atoms with Gasteiger partial charge in [-0.1, -0.05) is 30.0 Å². The van der Waals surface area contributed by atoms with Crippen LogP contribution in [-0.4, -0.2) is 29.0 Å². The van der Waals surface area contributed by atoms with Gasteiger partial charge in [0.15, 0.2) is 4.34 Å². The van der Waals surface area contributed by atoms with Crippen molar-refractivity contribution >= 4 is 23.1 Å². The van der Waals surface area contributed by atoms with Crippen molar-refractivity contribution in [3.8, 4) is 0 Å². The van der Waals surface area contributed by atoms with Crippen LogP contribution in [0, 0.1) is 6.92 Å². The van der Waals surface area contributed by atoms with Gasteiger partial charge in [0.2, 0.25) is 0 Å². The Kier molecular flexibility index (Phi) is 6.20. The maximum atomic E-state index is 4.09. The first kappa shape index (κ1) is 12.9. The second kappa shape index (κ2) is 7.19. The topological polar surface area (TPSA) is 37.8 Å². The van der Waals surface area contributed by atoms with Crippen LogP contribution in [0.25, 0.3) is 0 Å². The van der Waals surface area contributed by atoms with Gasteiger partial charge in [-0.2, -0.15) is 0 Å². The molecule has 0 saturated carbocycles. The van der Waals surface area contributed by atoms with Crippen molar-refractivity contribution in [2.75, 3.05) is 12.8 Å². The monoisotopic (exact) mass is 245 g/mol. The van der Waals surface area contributed by atoms with E-state index in [1.807, 2.05) is 25.7 Å². The van der Waals surface area contributed by atoms with Crippen LogP contribution in [-0.2, 0) is 0 Å². The summed E-state index contributed by atoms with van der Waals surface area (Å²) in [5, 5.41) is 12.5. The highest BCUT2D eigenvalue weighted by atomic mass is 32.2. The number of rotatable bonds is 7. The SMILES string of the molecule is CCC(CCCSc1nnc(C)s1)NC. The molecule has 1 N–H and O–H groups in total. The lowest BCUT2D eigenvalue weighted by molar-refractivity contribution is 0.504. The van der Waals surface area contributed by atoms with Gasteiger partial charge in [-0.05, 0) is 33.2 Å². The Hall–Kier alpha value is -0.130. The highest BCUT2D eigenvalue weighted by Crippen LogP contribution is 2.23. The molecule has 0 fully saturated rings. The minimum absolute atomic E-state index is 0.668. The maximum Gasteiger partial charge on any atom is 0.174 e. The van der Waals surface area contributed by atoms with Gasteiger partial charge in [-0.25, -0.2) is 0 Å². The molecule has 3 nitrogen and oxygen atoms in total. The number of hydrogen-bond acceptors (Lipinski definition) is 5. The normalized spacial score (nSPS) is 13.0. The molecular weight excluding hydrogens is 226 g/mol. The third-order valence-electron chi connectivity index (χ3n) is 2.33. The fourth-order valence-corrected chi connectivity index (χ4v) is 3.23. The number of nitrogens with zero attached hydrogens (tertiary/aromatic N) is 2. The van der Waals surface area contributed by atoms with Crippen LogP contribution in [0.15, 0.2) is 4.34 Å². The van der Waals surface area contributed by atoms with E-state index in [4.69, 9.17) is 0 Å². The van der Waals surface area contributed by atoms with E-state index in [0.29, 0.717) is 6.04 Å². The molecular formula is C10H19N3S2. The Morgan fingerprint density at radius 2 is 2.27 bits per heavy atom. The largest absolute Gasteiger partial charge is 0.317 e. The zero-order chi connectivity index (χ0) is 11.1. The molecule has 0 radical (unpaired) electrons. The fourth-order valence-electron chi connectivity index (χ4n) is 1.38. The van der Waals surface area contributed by atoms with Gasteiger partial charge in [0.05, 0.1) is 0 Å². The average molecular weight is 245 g/mol. The molecule has 1 atom stereocenters. The molecule has 0 bridgehead atoms. The zero-order valence-corrected chi connectivity index (χ0v) is 11.2. The van der Waals surface area contributed by atoms with Crippen molar-refractivity contribution in [3.05, 3.63) is 5.01 Å². The molecule has 15 heavy (non-hydrogen) atoms. The van der Waals surface area contributed by atoms with Crippen LogP contribution in [0.4, 0.5) is 0 Å². The Labute approximate surface area is 100 Å². The Bertz CT molecular complexity index is 271. The minimum atomic E-state index is 0.668. The van der Waals surface area contributed by atoms with Crippen molar-refractivity contribution in [1.29, 1.82) is 0 Å². The Morgan fingerprint density at radius 1 is 1.47 bits per heavy atom. The standard InChI is InChI=1S/C10H19N3S2/c1-4-9(11-3)6-5-7-14-10-13-12-8(2)15-10/h9,11H,4-7H2,1-3H3. The Morgan fingerprint density at radius 3 is 2.80 bits per heavy atom. The van der Waals surface area contributed by atoms with E-state index in [1.165, 1.54) is 19.3 Å². The molecule has 1 rings (SSSR count). The smallest absolute Gasteiger partial charge is 0.174 e. The summed E-state index contributed by atoms with van der Waals surface area (Å²) in [6, 6.07) is 0.668. The van der Waals surface area contributed by atoms with Gasteiger partial charge in [0, 0.05) is 11.8 Å². The number of hydrogen-bond donors (Lipinski definition) is 1. The molecule has 86 valence electrons. The van der Waals surface area contributed by atoms with Crippen molar-refractivity contribution < 1.29 is 0 Å². The molecule has 1 aromatic rings. The summed E-state index contributed by atoms with van der Waals surface area (Å²) in [5.41, 5.74) is 0. The van der Waals surface area contributed by atoms with E-state index in [-0.39, 0.29) is 0 Å². The van der Waals surface area contributed by atoms with E-state index in [0.717, 1.165) is 15.1 Å². The van der Waals surface area contributed by atoms with Gasteiger partial charge in [-0.15, -0.1) is 10.2 Å². The lowest BCUT2D eigenvalue weighted by atomic mass is 10.1. The molecule has 1 unspecified atom stereocenters. The summed E-state index contributed by atoms with van der Waals surface area (Å²) in [5.74, 6) is 1.15. The van der Waals surface area contributed by atoms with E-state index in [1.54, 1.807) is 11.3 Å². The number of nitrogens with one attached hydrogen (secondary N) is 1. The summed E-state index contributed by atoms with van der Waals surface area (Å²) >= 11 is 3.50. The highest BCUT2D eigenvalue weighted by molar-refractivity contribution is 8.01. The molecule has 0 aliphatic carbocycles. The van der Waals surface area contributed by atoms with Crippen LogP contribution in [0.5, 0.6) is 0 Å². The Balaban J connectivity index is 2.11. The van der Waals surface area contributed by atoms with E-state index < -0.39 is 0 Å². The summed E-state index contributed by atoms with van der Waals surface area (Å²) in [7, 11) is 2.04. The maximum absolute atomic E-state index is 4.09. The van der Waals surface area contributed by atoms with Crippen molar-refractivity contribution in [3.63, 3.8) is 0 Å². The second-order valence-electron chi connectivity index (χ2n) is 3.47. The molecule has 1 aromatic heterocycles. The predicted molar refractivity (Wildman–Crippen MR) is 67.7 cm³/mol. The van der Waals surface area contributed by atoms with Crippen LogP contribution in [0.1, 0.15) is 31.2 Å². The van der Waals surface area contributed by atoms with Gasteiger partial charge in [0.25, 0.3) is 0 Å². The summed E-state index contributed by atoms with van der Waals surface area (Å²) in [6.45, 7) is 4.22. The van der Waals surface area contributed by atoms with E-state index in [2.05, 4.69) is 22.4 Å². The molecule has 0 aromatic carbocycles. The highest BCUT2D eigenvalue weighted by Gasteiger charge is 2.04. The molecule has 0 aliphatic rings. The third kappa shape index (κ3) is 4.95. The first-order chi connectivity index (χ1) is 7.26. The van der Waals surface area contributed by atoms with Gasteiger partial charge >= 0.3 is 0 Å². The predicted octanol–water partition coefficient (Wildman–Crippen LogP) is 2.72. The summed E-state index contributed by atoms with van der Waals surface area (Å²) in [4.78, 5) is 0. The van der Waals surface area contributed by atoms with Crippen LogP contribution >= 0.6 is 23.1 Å². The van der Waals surface area contributed by atoms with E-state index >= 15 is 0 Å². The minimum Gasteiger partial charge on any atom is -0.317 e. The lowest BCUT2D eigenvalue weighted by Gasteiger charge is -2.12. The lowest BCUT2D eigenvalue weighted by Crippen LogP contribution is -2.23. The number of aromatic nitrogens is 2. The second-order valence-corrected chi connectivity index (χ2v) is 6.00. The fraction of sp³-hybridized carbons (Fsp3) is 0.800. The quantitative estimate of drug-likeness (QED) is 0.592. The van der Waals surface area contributed by atoms with Crippen molar-refractivity contribution in [2.24, 2.45) is 0 Å².